The fourth-order valence-electron chi connectivity index (χ4n) is 1.53. The molecule has 19 heavy (non-hydrogen) atoms. The van der Waals surface area contributed by atoms with Crippen LogP contribution in [0.4, 0.5) is 5.69 Å². The predicted octanol–water partition coefficient (Wildman–Crippen LogP) is 2.95. The molecule has 1 aromatic rings. The lowest BCUT2D eigenvalue weighted by molar-refractivity contribution is -0.115. The molecule has 4 nitrogen and oxygen atoms in total. The van der Waals surface area contributed by atoms with E-state index in [9.17, 15) is 4.79 Å². The lowest BCUT2D eigenvalue weighted by Gasteiger charge is -2.13. The van der Waals surface area contributed by atoms with Gasteiger partial charge in [0.2, 0.25) is 5.91 Å². The van der Waals surface area contributed by atoms with Gasteiger partial charge in [-0.05, 0) is 26.0 Å². The van der Waals surface area contributed by atoms with Crippen LogP contribution in [0.1, 0.15) is 13.8 Å². The topological polar surface area (TPSA) is 50.4 Å². The molecule has 0 aliphatic carbocycles. The van der Waals surface area contributed by atoms with E-state index in [1.807, 2.05) is 13.8 Å². The molecule has 0 radical (unpaired) electrons. The molecule has 1 unspecified atom stereocenters. The van der Waals surface area contributed by atoms with Crippen molar-refractivity contribution in [2.75, 3.05) is 25.0 Å². The Morgan fingerprint density at radius 3 is 2.58 bits per heavy atom. The summed E-state index contributed by atoms with van der Waals surface area (Å²) in [5.74, 6) is -0.196. The Kier molecular flexibility index (Phi) is 7.16. The van der Waals surface area contributed by atoms with E-state index in [-0.39, 0.29) is 18.6 Å². The summed E-state index contributed by atoms with van der Waals surface area (Å²) < 4.78 is 5.34. The van der Waals surface area contributed by atoms with E-state index in [1.165, 1.54) is 0 Å². The Balaban J connectivity index is 2.39. The zero-order chi connectivity index (χ0) is 14.3. The number of carbonyl (C=O) groups is 1. The molecule has 106 valence electrons. The lowest BCUT2D eigenvalue weighted by Crippen LogP contribution is -2.33. The molecule has 1 amide bonds. The first-order chi connectivity index (χ1) is 9.04. The summed E-state index contributed by atoms with van der Waals surface area (Å²) in [6.07, 6.45) is 0.0710. The first-order valence-electron chi connectivity index (χ1n) is 6.10. The molecular weight excluding hydrogens is 287 g/mol. The van der Waals surface area contributed by atoms with Gasteiger partial charge < -0.3 is 15.4 Å². The third-order valence-electron chi connectivity index (χ3n) is 2.40. The van der Waals surface area contributed by atoms with Gasteiger partial charge in [0.15, 0.2) is 0 Å². The number of hydrogen-bond donors (Lipinski definition) is 2. The van der Waals surface area contributed by atoms with Gasteiger partial charge in [-0.1, -0.05) is 29.3 Å². The number of hydrogen-bond acceptors (Lipinski definition) is 3. The molecular formula is C13H18Cl2N2O2. The lowest BCUT2D eigenvalue weighted by atomic mass is 10.3. The molecule has 0 spiro atoms. The number of carbonyl (C=O) groups excluding carboxylic acids is 1. The molecule has 1 aromatic carbocycles. The zero-order valence-electron chi connectivity index (χ0n) is 11.0. The van der Waals surface area contributed by atoms with Gasteiger partial charge in [-0.3, -0.25) is 4.79 Å². The largest absolute Gasteiger partial charge is 0.377 e. The van der Waals surface area contributed by atoms with E-state index in [0.29, 0.717) is 28.9 Å². The molecule has 6 heteroatoms. The maximum absolute atomic E-state index is 11.7. The summed E-state index contributed by atoms with van der Waals surface area (Å²) in [5.41, 5.74) is 0.440. The average molecular weight is 305 g/mol. The normalized spacial score (nSPS) is 12.2. The third kappa shape index (κ3) is 5.78. The van der Waals surface area contributed by atoms with E-state index in [4.69, 9.17) is 27.9 Å². The molecule has 0 bridgehead atoms. The number of halogens is 2. The van der Waals surface area contributed by atoms with Crippen LogP contribution in [0.15, 0.2) is 18.2 Å². The summed E-state index contributed by atoms with van der Waals surface area (Å²) in [6, 6.07) is 5.07. The minimum atomic E-state index is -0.196. The number of para-hydroxylation sites is 1. The van der Waals surface area contributed by atoms with Crippen LogP contribution in [0, 0.1) is 0 Å². The standard InChI is InChI=1S/C13H18Cl2N2O2/c1-3-19-9(2)7-16-8-12(18)17-13-10(14)5-4-6-11(13)15/h4-6,9,16H,3,7-8H2,1-2H3,(H,17,18). The first kappa shape index (κ1) is 16.2. The second-order valence-electron chi connectivity index (χ2n) is 4.04. The second kappa shape index (κ2) is 8.38. The van der Waals surface area contributed by atoms with Crippen LogP contribution in [-0.2, 0) is 9.53 Å². The summed E-state index contributed by atoms with van der Waals surface area (Å²) in [5, 5.41) is 6.52. The SMILES string of the molecule is CCOC(C)CNCC(=O)Nc1c(Cl)cccc1Cl. The molecule has 0 saturated heterocycles. The van der Waals surface area contributed by atoms with Gasteiger partial charge >= 0.3 is 0 Å². The molecule has 0 aliphatic heterocycles. The van der Waals surface area contributed by atoms with Crippen LogP contribution in [-0.4, -0.2) is 31.7 Å². The number of rotatable bonds is 7. The molecule has 0 fully saturated rings. The van der Waals surface area contributed by atoms with Crippen molar-refractivity contribution < 1.29 is 9.53 Å². The Bertz CT molecular complexity index is 407. The molecule has 0 aliphatic rings. The Labute approximate surface area is 123 Å². The van der Waals surface area contributed by atoms with Crippen molar-refractivity contribution >= 4 is 34.8 Å². The van der Waals surface area contributed by atoms with Crippen LogP contribution in [0.3, 0.4) is 0 Å². The Morgan fingerprint density at radius 1 is 1.37 bits per heavy atom. The highest BCUT2D eigenvalue weighted by Crippen LogP contribution is 2.29. The maximum Gasteiger partial charge on any atom is 0.238 e. The van der Waals surface area contributed by atoms with Crippen LogP contribution in [0.5, 0.6) is 0 Å². The molecule has 1 rings (SSSR count). The van der Waals surface area contributed by atoms with Gasteiger partial charge in [0.05, 0.1) is 28.4 Å². The van der Waals surface area contributed by atoms with E-state index in [0.717, 1.165) is 0 Å². The zero-order valence-corrected chi connectivity index (χ0v) is 12.5. The molecule has 1 atom stereocenters. The van der Waals surface area contributed by atoms with E-state index < -0.39 is 0 Å². The van der Waals surface area contributed by atoms with Gasteiger partial charge in [-0.25, -0.2) is 0 Å². The molecule has 0 heterocycles. The smallest absolute Gasteiger partial charge is 0.238 e. The fraction of sp³-hybridized carbons (Fsp3) is 0.462. The number of ether oxygens (including phenoxy) is 1. The van der Waals surface area contributed by atoms with Crippen molar-refractivity contribution in [3.63, 3.8) is 0 Å². The van der Waals surface area contributed by atoms with Gasteiger partial charge in [0.1, 0.15) is 0 Å². The third-order valence-corrected chi connectivity index (χ3v) is 3.03. The van der Waals surface area contributed by atoms with Crippen molar-refractivity contribution in [1.29, 1.82) is 0 Å². The highest BCUT2D eigenvalue weighted by Gasteiger charge is 2.09. The van der Waals surface area contributed by atoms with E-state index in [1.54, 1.807) is 18.2 Å². The summed E-state index contributed by atoms with van der Waals surface area (Å²) in [7, 11) is 0. The highest BCUT2D eigenvalue weighted by atomic mass is 35.5. The van der Waals surface area contributed by atoms with Gasteiger partial charge in [-0.2, -0.15) is 0 Å². The van der Waals surface area contributed by atoms with Crippen molar-refractivity contribution in [2.24, 2.45) is 0 Å². The minimum Gasteiger partial charge on any atom is -0.377 e. The van der Waals surface area contributed by atoms with Gasteiger partial charge in [0, 0.05) is 13.2 Å². The van der Waals surface area contributed by atoms with E-state index >= 15 is 0 Å². The van der Waals surface area contributed by atoms with Crippen LogP contribution < -0.4 is 10.6 Å². The summed E-state index contributed by atoms with van der Waals surface area (Å²) in [6.45, 7) is 5.32. The van der Waals surface area contributed by atoms with Crippen molar-refractivity contribution in [3.8, 4) is 0 Å². The number of benzene rings is 1. The quantitative estimate of drug-likeness (QED) is 0.814. The summed E-state index contributed by atoms with van der Waals surface area (Å²) in [4.78, 5) is 11.7. The van der Waals surface area contributed by atoms with Crippen LogP contribution >= 0.6 is 23.2 Å². The molecule has 2 N–H and O–H groups in total. The fourth-order valence-corrected chi connectivity index (χ4v) is 2.03. The average Bonchev–Trinajstić information content (AvgIpc) is 2.34. The minimum absolute atomic E-state index is 0.0710. The number of nitrogens with one attached hydrogen (secondary N) is 2. The number of amides is 1. The van der Waals surface area contributed by atoms with Gasteiger partial charge in [0.25, 0.3) is 0 Å². The highest BCUT2D eigenvalue weighted by molar-refractivity contribution is 6.39. The van der Waals surface area contributed by atoms with Crippen molar-refractivity contribution in [3.05, 3.63) is 28.2 Å². The van der Waals surface area contributed by atoms with E-state index in [2.05, 4.69) is 10.6 Å². The summed E-state index contributed by atoms with van der Waals surface area (Å²) >= 11 is 11.9. The second-order valence-corrected chi connectivity index (χ2v) is 4.86. The monoisotopic (exact) mass is 304 g/mol. The Hall–Kier alpha value is -0.810. The number of anilines is 1. The van der Waals surface area contributed by atoms with Crippen molar-refractivity contribution in [1.82, 2.24) is 5.32 Å². The van der Waals surface area contributed by atoms with Crippen LogP contribution in [0.25, 0.3) is 0 Å². The predicted molar refractivity (Wildman–Crippen MR) is 79.0 cm³/mol. The van der Waals surface area contributed by atoms with Crippen molar-refractivity contribution in [2.45, 2.75) is 20.0 Å². The van der Waals surface area contributed by atoms with Gasteiger partial charge in [-0.15, -0.1) is 0 Å². The molecule has 0 saturated carbocycles. The van der Waals surface area contributed by atoms with Crippen LogP contribution in [0.2, 0.25) is 10.0 Å². The molecule has 0 aromatic heterocycles. The maximum atomic E-state index is 11.7. The Morgan fingerprint density at radius 2 is 2.00 bits per heavy atom. The first-order valence-corrected chi connectivity index (χ1v) is 6.86.